The van der Waals surface area contributed by atoms with E-state index in [2.05, 4.69) is 22.4 Å². The van der Waals surface area contributed by atoms with Crippen molar-refractivity contribution in [1.29, 1.82) is 0 Å². The maximum absolute atomic E-state index is 12.4. The first-order valence-corrected chi connectivity index (χ1v) is 8.28. The molecule has 1 saturated heterocycles. The molecule has 2 heterocycles. The zero-order valence-electron chi connectivity index (χ0n) is 14.4. The lowest BCUT2D eigenvalue weighted by Crippen LogP contribution is -2.50. The first-order valence-electron chi connectivity index (χ1n) is 8.28. The Morgan fingerprint density at radius 3 is 2.92 bits per heavy atom. The van der Waals surface area contributed by atoms with Crippen molar-refractivity contribution in [1.82, 2.24) is 10.3 Å². The van der Waals surface area contributed by atoms with Gasteiger partial charge in [-0.05, 0) is 38.0 Å². The zero-order valence-corrected chi connectivity index (χ0v) is 14.4. The number of nitrogens with one attached hydrogen (secondary N) is 1. The first kappa shape index (κ1) is 16.9. The second-order valence-corrected chi connectivity index (χ2v) is 6.78. The molecule has 1 aromatic carbocycles. The van der Waals surface area contributed by atoms with E-state index >= 15 is 0 Å². The van der Waals surface area contributed by atoms with Gasteiger partial charge in [-0.2, -0.15) is 0 Å². The SMILES string of the molecule is COC(C)(C)C(=O)N[C@H]1COC[C@H]1Cc1ccnc2ccccc12. The molecule has 1 N–H and O–H groups in total. The lowest BCUT2D eigenvalue weighted by Gasteiger charge is -2.26. The molecule has 128 valence electrons. The lowest BCUT2D eigenvalue weighted by molar-refractivity contribution is -0.140. The number of fused-ring (bicyclic) bond motifs is 1. The Morgan fingerprint density at radius 2 is 2.12 bits per heavy atom. The minimum atomic E-state index is -0.837. The summed E-state index contributed by atoms with van der Waals surface area (Å²) in [6.07, 6.45) is 2.69. The Labute approximate surface area is 142 Å². The van der Waals surface area contributed by atoms with Gasteiger partial charge in [-0.25, -0.2) is 0 Å². The fourth-order valence-corrected chi connectivity index (χ4v) is 3.01. The van der Waals surface area contributed by atoms with Crippen LogP contribution < -0.4 is 5.32 Å². The largest absolute Gasteiger partial charge is 0.379 e. The summed E-state index contributed by atoms with van der Waals surface area (Å²) in [5, 5.41) is 4.25. The number of benzene rings is 1. The van der Waals surface area contributed by atoms with Crippen LogP contribution in [0.4, 0.5) is 0 Å². The second-order valence-electron chi connectivity index (χ2n) is 6.78. The molecule has 2 aromatic rings. The van der Waals surface area contributed by atoms with Crippen LogP contribution in [0.1, 0.15) is 19.4 Å². The summed E-state index contributed by atoms with van der Waals surface area (Å²) in [4.78, 5) is 16.8. The second kappa shape index (κ2) is 6.87. The van der Waals surface area contributed by atoms with Crippen molar-refractivity contribution >= 4 is 16.8 Å². The molecule has 0 aliphatic carbocycles. The van der Waals surface area contributed by atoms with Crippen LogP contribution in [0.2, 0.25) is 0 Å². The highest BCUT2D eigenvalue weighted by molar-refractivity contribution is 5.84. The number of para-hydroxylation sites is 1. The molecule has 0 unspecified atom stereocenters. The van der Waals surface area contributed by atoms with Crippen molar-refractivity contribution in [3.8, 4) is 0 Å². The van der Waals surface area contributed by atoms with Gasteiger partial charge in [-0.1, -0.05) is 18.2 Å². The molecule has 0 bridgehead atoms. The fraction of sp³-hybridized carbons (Fsp3) is 0.474. The Bertz CT molecular complexity index is 724. The van der Waals surface area contributed by atoms with Crippen LogP contribution in [-0.2, 0) is 20.7 Å². The summed E-state index contributed by atoms with van der Waals surface area (Å²) in [5.74, 6) is 0.137. The topological polar surface area (TPSA) is 60.5 Å². The molecule has 2 atom stereocenters. The Hall–Kier alpha value is -1.98. The number of carbonyl (C=O) groups excluding carboxylic acids is 1. The summed E-state index contributed by atoms with van der Waals surface area (Å²) in [6.45, 7) is 4.72. The molecule has 5 heteroatoms. The molecule has 0 saturated carbocycles. The van der Waals surface area contributed by atoms with Crippen LogP contribution in [0.3, 0.4) is 0 Å². The third-order valence-corrected chi connectivity index (χ3v) is 4.79. The van der Waals surface area contributed by atoms with Gasteiger partial charge in [0, 0.05) is 24.6 Å². The molecular weight excluding hydrogens is 304 g/mol. The number of nitrogens with zero attached hydrogens (tertiary/aromatic N) is 1. The van der Waals surface area contributed by atoms with Crippen molar-refractivity contribution < 1.29 is 14.3 Å². The third-order valence-electron chi connectivity index (χ3n) is 4.79. The van der Waals surface area contributed by atoms with Crippen LogP contribution >= 0.6 is 0 Å². The number of amides is 1. The predicted octanol–water partition coefficient (Wildman–Crippen LogP) is 2.33. The fourth-order valence-electron chi connectivity index (χ4n) is 3.01. The van der Waals surface area contributed by atoms with Gasteiger partial charge in [0.05, 0.1) is 24.8 Å². The average molecular weight is 328 g/mol. The van der Waals surface area contributed by atoms with E-state index in [1.807, 2.05) is 24.4 Å². The summed E-state index contributed by atoms with van der Waals surface area (Å²) in [5.41, 5.74) is 1.40. The van der Waals surface area contributed by atoms with Gasteiger partial charge in [-0.15, -0.1) is 0 Å². The van der Waals surface area contributed by atoms with Crippen molar-refractivity contribution in [2.75, 3.05) is 20.3 Å². The van der Waals surface area contributed by atoms with Crippen LogP contribution in [0.15, 0.2) is 36.5 Å². The summed E-state index contributed by atoms with van der Waals surface area (Å²) in [6, 6.07) is 10.2. The molecule has 1 aliphatic heterocycles. The van der Waals surface area contributed by atoms with E-state index in [4.69, 9.17) is 9.47 Å². The highest BCUT2D eigenvalue weighted by Crippen LogP contribution is 2.24. The maximum atomic E-state index is 12.4. The molecule has 5 nitrogen and oxygen atoms in total. The zero-order chi connectivity index (χ0) is 17.2. The van der Waals surface area contributed by atoms with Gasteiger partial charge in [0.15, 0.2) is 0 Å². The standard InChI is InChI=1S/C19H24N2O3/c1-19(2,23-3)18(22)21-17-12-24-11-14(17)10-13-8-9-20-16-7-5-4-6-15(13)16/h4-9,14,17H,10-12H2,1-3H3,(H,21,22)/t14-,17+/m1/s1. The van der Waals surface area contributed by atoms with E-state index in [0.29, 0.717) is 13.2 Å². The van der Waals surface area contributed by atoms with Crippen molar-refractivity contribution in [3.63, 3.8) is 0 Å². The molecule has 3 rings (SSSR count). The number of hydrogen-bond donors (Lipinski definition) is 1. The van der Waals surface area contributed by atoms with Gasteiger partial charge in [0.2, 0.25) is 0 Å². The first-order chi connectivity index (χ1) is 11.5. The van der Waals surface area contributed by atoms with Crippen LogP contribution in [0, 0.1) is 5.92 Å². The highest BCUT2D eigenvalue weighted by Gasteiger charge is 2.34. The third kappa shape index (κ3) is 3.42. The van der Waals surface area contributed by atoms with Crippen molar-refractivity contribution in [2.45, 2.75) is 31.9 Å². The smallest absolute Gasteiger partial charge is 0.251 e. The van der Waals surface area contributed by atoms with Crippen LogP contribution in [0.25, 0.3) is 10.9 Å². The van der Waals surface area contributed by atoms with Gasteiger partial charge in [-0.3, -0.25) is 9.78 Å². The molecule has 0 radical (unpaired) electrons. The van der Waals surface area contributed by atoms with Gasteiger partial charge >= 0.3 is 0 Å². The number of methoxy groups -OCH3 is 1. The van der Waals surface area contributed by atoms with E-state index in [9.17, 15) is 4.79 Å². The van der Waals surface area contributed by atoms with E-state index in [-0.39, 0.29) is 17.9 Å². The number of carbonyl (C=O) groups is 1. The monoisotopic (exact) mass is 328 g/mol. The quantitative estimate of drug-likeness (QED) is 0.915. The molecule has 1 aromatic heterocycles. The highest BCUT2D eigenvalue weighted by atomic mass is 16.5. The summed E-state index contributed by atoms with van der Waals surface area (Å²) < 4.78 is 10.9. The van der Waals surface area contributed by atoms with Gasteiger partial charge in [0.1, 0.15) is 5.60 Å². The molecule has 0 spiro atoms. The maximum Gasteiger partial charge on any atom is 0.251 e. The average Bonchev–Trinajstić information content (AvgIpc) is 3.02. The van der Waals surface area contributed by atoms with Gasteiger partial charge < -0.3 is 14.8 Å². The van der Waals surface area contributed by atoms with E-state index < -0.39 is 5.60 Å². The van der Waals surface area contributed by atoms with Crippen LogP contribution in [-0.4, -0.2) is 42.9 Å². The van der Waals surface area contributed by atoms with Crippen molar-refractivity contribution in [2.24, 2.45) is 5.92 Å². The molecular formula is C19H24N2O3. The Balaban J connectivity index is 1.75. The van der Waals surface area contributed by atoms with E-state index in [1.54, 1.807) is 21.0 Å². The number of rotatable bonds is 5. The summed E-state index contributed by atoms with van der Waals surface area (Å²) in [7, 11) is 1.55. The minimum absolute atomic E-state index is 0.00106. The Kier molecular flexibility index (Phi) is 4.83. The molecule has 1 aliphatic rings. The van der Waals surface area contributed by atoms with E-state index in [0.717, 1.165) is 17.3 Å². The normalized spacial score (nSPS) is 21.1. The minimum Gasteiger partial charge on any atom is -0.379 e. The van der Waals surface area contributed by atoms with E-state index in [1.165, 1.54) is 5.56 Å². The van der Waals surface area contributed by atoms with Gasteiger partial charge in [0.25, 0.3) is 5.91 Å². The number of pyridine rings is 1. The predicted molar refractivity (Wildman–Crippen MR) is 92.8 cm³/mol. The molecule has 1 fully saturated rings. The number of ether oxygens (including phenoxy) is 2. The Morgan fingerprint density at radius 1 is 1.33 bits per heavy atom. The lowest BCUT2D eigenvalue weighted by atomic mass is 9.92. The number of aromatic nitrogens is 1. The van der Waals surface area contributed by atoms with Crippen molar-refractivity contribution in [3.05, 3.63) is 42.1 Å². The van der Waals surface area contributed by atoms with Crippen LogP contribution in [0.5, 0.6) is 0 Å². The summed E-state index contributed by atoms with van der Waals surface area (Å²) >= 11 is 0. The number of hydrogen-bond acceptors (Lipinski definition) is 4. The molecule has 1 amide bonds. The molecule has 24 heavy (non-hydrogen) atoms.